The van der Waals surface area contributed by atoms with Crippen molar-refractivity contribution < 1.29 is 0 Å². The summed E-state index contributed by atoms with van der Waals surface area (Å²) in [5, 5.41) is 3.45. The van der Waals surface area contributed by atoms with E-state index >= 15 is 0 Å². The normalized spacial score (nSPS) is 24.6. The third kappa shape index (κ3) is 5.06. The molecule has 2 aliphatic rings. The third-order valence-electron chi connectivity index (χ3n) is 4.35. The Morgan fingerprint density at radius 3 is 2.45 bits per heavy atom. The first-order chi connectivity index (χ1) is 9.35. The van der Waals surface area contributed by atoms with E-state index in [1.54, 1.807) is 0 Å². The number of likely N-dealkylation sites (N-methyl/N-ethyl adjacent to an activating group) is 1. The van der Waals surface area contributed by atoms with Crippen LogP contribution < -0.4 is 5.32 Å². The van der Waals surface area contributed by atoms with Gasteiger partial charge in [0.15, 0.2) is 5.96 Å². The van der Waals surface area contributed by atoms with E-state index in [0.29, 0.717) is 6.04 Å². The second kappa shape index (κ2) is 9.82. The summed E-state index contributed by atoms with van der Waals surface area (Å²) in [6, 6.07) is 0.662. The number of hydrogen-bond donors (Lipinski definition) is 1. The number of hydrogen-bond acceptors (Lipinski definition) is 2. The zero-order valence-electron chi connectivity index (χ0n) is 13.1. The predicted octanol–water partition coefficient (Wildman–Crippen LogP) is 2.54. The van der Waals surface area contributed by atoms with Crippen LogP contribution in [0, 0.1) is 0 Å². The van der Waals surface area contributed by atoms with Crippen LogP contribution in [0.2, 0.25) is 0 Å². The Morgan fingerprint density at radius 2 is 1.80 bits per heavy atom. The van der Waals surface area contributed by atoms with E-state index in [-0.39, 0.29) is 24.0 Å². The number of nitrogens with zero attached hydrogens (tertiary/aromatic N) is 3. The molecule has 2 fully saturated rings. The second-order valence-corrected chi connectivity index (χ2v) is 5.67. The maximum absolute atomic E-state index is 4.91. The van der Waals surface area contributed by atoms with Gasteiger partial charge in [0.2, 0.25) is 0 Å². The first kappa shape index (κ1) is 18.0. The predicted molar refractivity (Wildman–Crippen MR) is 97.1 cm³/mol. The van der Waals surface area contributed by atoms with E-state index in [1.165, 1.54) is 58.3 Å². The maximum Gasteiger partial charge on any atom is 0.193 e. The highest BCUT2D eigenvalue weighted by Gasteiger charge is 2.21. The fourth-order valence-corrected chi connectivity index (χ4v) is 3.23. The van der Waals surface area contributed by atoms with Gasteiger partial charge in [-0.2, -0.15) is 0 Å². The lowest BCUT2D eigenvalue weighted by molar-refractivity contribution is 0.161. The largest absolute Gasteiger partial charge is 0.357 e. The molecule has 0 aliphatic carbocycles. The SMILES string of the molecule is CCNC(=NCC1CCCCN1CC)N1CCCC1.I. The molecule has 0 aromatic heterocycles. The lowest BCUT2D eigenvalue weighted by Gasteiger charge is -2.34. The maximum atomic E-state index is 4.91. The van der Waals surface area contributed by atoms with Gasteiger partial charge in [-0.15, -0.1) is 24.0 Å². The van der Waals surface area contributed by atoms with Crippen molar-refractivity contribution in [3.8, 4) is 0 Å². The monoisotopic (exact) mass is 394 g/mol. The minimum atomic E-state index is 0. The Kier molecular flexibility index (Phi) is 8.84. The lowest BCUT2D eigenvalue weighted by Crippen LogP contribution is -2.43. The van der Waals surface area contributed by atoms with Gasteiger partial charge in [-0.25, -0.2) is 0 Å². The fourth-order valence-electron chi connectivity index (χ4n) is 3.23. The van der Waals surface area contributed by atoms with E-state index in [0.717, 1.165) is 19.0 Å². The van der Waals surface area contributed by atoms with Crippen molar-refractivity contribution in [3.63, 3.8) is 0 Å². The van der Waals surface area contributed by atoms with Gasteiger partial charge >= 0.3 is 0 Å². The van der Waals surface area contributed by atoms with Crippen molar-refractivity contribution in [1.29, 1.82) is 0 Å². The molecule has 0 aromatic rings. The van der Waals surface area contributed by atoms with E-state index in [4.69, 9.17) is 4.99 Å². The van der Waals surface area contributed by atoms with E-state index in [1.807, 2.05) is 0 Å². The molecule has 4 nitrogen and oxygen atoms in total. The van der Waals surface area contributed by atoms with Crippen LogP contribution in [0.5, 0.6) is 0 Å². The highest BCUT2D eigenvalue weighted by atomic mass is 127. The van der Waals surface area contributed by atoms with Crippen molar-refractivity contribution in [2.24, 2.45) is 4.99 Å². The van der Waals surface area contributed by atoms with Gasteiger partial charge in [0, 0.05) is 25.7 Å². The fraction of sp³-hybridized carbons (Fsp3) is 0.933. The van der Waals surface area contributed by atoms with Crippen LogP contribution in [0.15, 0.2) is 4.99 Å². The summed E-state index contributed by atoms with van der Waals surface area (Å²) in [7, 11) is 0. The van der Waals surface area contributed by atoms with E-state index in [9.17, 15) is 0 Å². The zero-order chi connectivity index (χ0) is 13.5. The van der Waals surface area contributed by atoms with Gasteiger partial charge in [-0.3, -0.25) is 9.89 Å². The Hall–Kier alpha value is -0.0400. The molecule has 1 atom stereocenters. The van der Waals surface area contributed by atoms with Crippen LogP contribution >= 0.6 is 24.0 Å². The molecule has 2 saturated heterocycles. The van der Waals surface area contributed by atoms with Gasteiger partial charge in [-0.05, 0) is 45.7 Å². The highest BCUT2D eigenvalue weighted by Crippen LogP contribution is 2.17. The van der Waals surface area contributed by atoms with Crippen LogP contribution in [-0.4, -0.2) is 61.1 Å². The summed E-state index contributed by atoms with van der Waals surface area (Å²) in [5.41, 5.74) is 0. The molecule has 5 heteroatoms. The molecule has 1 N–H and O–H groups in total. The van der Waals surface area contributed by atoms with Crippen LogP contribution in [0.4, 0.5) is 0 Å². The minimum Gasteiger partial charge on any atom is -0.357 e. The Morgan fingerprint density at radius 1 is 1.10 bits per heavy atom. The zero-order valence-corrected chi connectivity index (χ0v) is 15.4. The van der Waals surface area contributed by atoms with Crippen molar-refractivity contribution in [1.82, 2.24) is 15.1 Å². The topological polar surface area (TPSA) is 30.9 Å². The summed E-state index contributed by atoms with van der Waals surface area (Å²) >= 11 is 0. The molecular weight excluding hydrogens is 363 g/mol. The number of aliphatic imine (C=N–C) groups is 1. The summed E-state index contributed by atoms with van der Waals surface area (Å²) in [4.78, 5) is 9.92. The Bertz CT molecular complexity index is 290. The van der Waals surface area contributed by atoms with Crippen LogP contribution in [0.1, 0.15) is 46.0 Å². The third-order valence-corrected chi connectivity index (χ3v) is 4.35. The number of rotatable bonds is 4. The quantitative estimate of drug-likeness (QED) is 0.452. The number of likely N-dealkylation sites (tertiary alicyclic amines) is 2. The van der Waals surface area contributed by atoms with Crippen molar-refractivity contribution in [2.75, 3.05) is 39.3 Å². The van der Waals surface area contributed by atoms with Crippen LogP contribution in [0.3, 0.4) is 0 Å². The van der Waals surface area contributed by atoms with E-state index in [2.05, 4.69) is 29.0 Å². The van der Waals surface area contributed by atoms with Crippen molar-refractivity contribution in [3.05, 3.63) is 0 Å². The standard InChI is InChI=1S/C15H30N4.HI/c1-3-16-15(19-11-7-8-12-19)17-13-14-9-5-6-10-18(14)4-2;/h14H,3-13H2,1-2H3,(H,16,17);1H. The number of piperidine rings is 1. The molecule has 0 aromatic carbocycles. The van der Waals surface area contributed by atoms with Gasteiger partial charge in [-0.1, -0.05) is 13.3 Å². The molecule has 2 rings (SSSR count). The van der Waals surface area contributed by atoms with Gasteiger partial charge in [0.25, 0.3) is 0 Å². The van der Waals surface area contributed by atoms with Gasteiger partial charge in [0.1, 0.15) is 0 Å². The molecule has 118 valence electrons. The van der Waals surface area contributed by atoms with Crippen molar-refractivity contribution >= 4 is 29.9 Å². The summed E-state index contributed by atoms with van der Waals surface area (Å²) in [5.74, 6) is 1.14. The smallest absolute Gasteiger partial charge is 0.193 e. The molecule has 0 bridgehead atoms. The average Bonchev–Trinajstić information content (AvgIpc) is 2.97. The first-order valence-corrected chi connectivity index (χ1v) is 8.12. The van der Waals surface area contributed by atoms with E-state index < -0.39 is 0 Å². The van der Waals surface area contributed by atoms with Crippen molar-refractivity contribution in [2.45, 2.75) is 52.0 Å². The Balaban J connectivity index is 0.00000200. The minimum absolute atomic E-state index is 0. The average molecular weight is 394 g/mol. The second-order valence-electron chi connectivity index (χ2n) is 5.67. The van der Waals surface area contributed by atoms with Crippen LogP contribution in [-0.2, 0) is 0 Å². The molecule has 0 radical (unpaired) electrons. The molecule has 0 saturated carbocycles. The Labute approximate surface area is 141 Å². The number of halogens is 1. The van der Waals surface area contributed by atoms with Gasteiger partial charge in [0.05, 0.1) is 6.54 Å². The molecule has 0 amide bonds. The molecule has 2 aliphatic heterocycles. The molecular formula is C15H31IN4. The lowest BCUT2D eigenvalue weighted by atomic mass is 10.0. The highest BCUT2D eigenvalue weighted by molar-refractivity contribution is 14.0. The molecule has 20 heavy (non-hydrogen) atoms. The summed E-state index contributed by atoms with van der Waals surface area (Å²) < 4.78 is 0. The number of nitrogens with one attached hydrogen (secondary N) is 1. The number of guanidine groups is 1. The summed E-state index contributed by atoms with van der Waals surface area (Å²) in [6.07, 6.45) is 6.68. The molecule has 2 heterocycles. The summed E-state index contributed by atoms with van der Waals surface area (Å²) in [6.45, 7) is 11.1. The van der Waals surface area contributed by atoms with Gasteiger partial charge < -0.3 is 10.2 Å². The molecule has 0 spiro atoms. The van der Waals surface area contributed by atoms with Crippen LogP contribution in [0.25, 0.3) is 0 Å². The molecule has 1 unspecified atom stereocenters. The first-order valence-electron chi connectivity index (χ1n) is 8.12.